The van der Waals surface area contributed by atoms with E-state index in [-0.39, 0.29) is 0 Å². The first-order valence-corrected chi connectivity index (χ1v) is 10.1. The van der Waals surface area contributed by atoms with Gasteiger partial charge in [0.2, 0.25) is 0 Å². The smallest absolute Gasteiger partial charge is 0.131 e. The molecule has 0 spiro atoms. The molecule has 3 heterocycles. The summed E-state index contributed by atoms with van der Waals surface area (Å²) >= 11 is 0. The molecule has 2 aliphatic heterocycles. The molecule has 2 aliphatic rings. The summed E-state index contributed by atoms with van der Waals surface area (Å²) in [7, 11) is 2.01. The number of benzene rings is 1. The molecule has 2 aromatic rings. The van der Waals surface area contributed by atoms with Crippen LogP contribution in [0.25, 0.3) is 0 Å². The molecule has 1 aromatic carbocycles. The fraction of sp³-hybridized carbons (Fsp3) is 0.333. The van der Waals surface area contributed by atoms with Gasteiger partial charge in [-0.3, -0.25) is 0 Å². The van der Waals surface area contributed by atoms with Crippen molar-refractivity contribution in [3.05, 3.63) is 84.0 Å². The Bertz CT molecular complexity index is 878. The van der Waals surface area contributed by atoms with Gasteiger partial charge in [-0.1, -0.05) is 43.0 Å². The van der Waals surface area contributed by atoms with Crippen LogP contribution in [0.2, 0.25) is 0 Å². The Morgan fingerprint density at radius 1 is 1.11 bits per heavy atom. The molecule has 1 aromatic heterocycles. The topological polar surface area (TPSA) is 31.7 Å². The van der Waals surface area contributed by atoms with Crippen LogP contribution in [0.1, 0.15) is 36.4 Å². The second-order valence-electron chi connectivity index (χ2n) is 7.58. The van der Waals surface area contributed by atoms with Crippen LogP contribution >= 0.6 is 0 Å². The predicted molar refractivity (Wildman–Crippen MR) is 117 cm³/mol. The van der Waals surface area contributed by atoms with E-state index in [0.717, 1.165) is 43.3 Å². The minimum atomic E-state index is 0.305. The van der Waals surface area contributed by atoms with Gasteiger partial charge in [0, 0.05) is 44.4 Å². The van der Waals surface area contributed by atoms with Crippen molar-refractivity contribution in [2.24, 2.45) is 4.99 Å². The lowest BCUT2D eigenvalue weighted by atomic mass is 9.89. The Hall–Kier alpha value is -2.88. The van der Waals surface area contributed by atoms with Crippen LogP contribution in [-0.4, -0.2) is 36.2 Å². The highest BCUT2D eigenvalue weighted by Gasteiger charge is 2.22. The molecular weight excluding hydrogens is 344 g/mol. The summed E-state index contributed by atoms with van der Waals surface area (Å²) < 4.78 is 0. The molecule has 144 valence electrons. The minimum absolute atomic E-state index is 0.305. The Balaban J connectivity index is 1.60. The van der Waals surface area contributed by atoms with Crippen molar-refractivity contribution in [1.82, 2.24) is 9.88 Å². The van der Waals surface area contributed by atoms with Gasteiger partial charge in [0.05, 0.1) is 0 Å². The molecular formula is C24H28N4. The molecule has 4 heteroatoms. The summed E-state index contributed by atoms with van der Waals surface area (Å²) in [5, 5.41) is 0. The molecule has 4 nitrogen and oxygen atoms in total. The van der Waals surface area contributed by atoms with Gasteiger partial charge in [0.25, 0.3) is 0 Å². The maximum absolute atomic E-state index is 4.96. The summed E-state index contributed by atoms with van der Waals surface area (Å²) in [4.78, 5) is 14.2. The Morgan fingerprint density at radius 3 is 2.64 bits per heavy atom. The molecule has 1 atom stereocenters. The van der Waals surface area contributed by atoms with Crippen LogP contribution in [-0.2, 0) is 6.42 Å². The zero-order chi connectivity index (χ0) is 19.3. The van der Waals surface area contributed by atoms with E-state index in [4.69, 9.17) is 9.98 Å². The first-order chi connectivity index (χ1) is 13.7. The van der Waals surface area contributed by atoms with Crippen molar-refractivity contribution in [2.75, 3.05) is 25.0 Å². The molecule has 1 fully saturated rings. The van der Waals surface area contributed by atoms with E-state index < -0.39 is 0 Å². The Morgan fingerprint density at radius 2 is 1.89 bits per heavy atom. The van der Waals surface area contributed by atoms with E-state index in [2.05, 4.69) is 66.2 Å². The van der Waals surface area contributed by atoms with Gasteiger partial charge in [-0.25, -0.2) is 9.98 Å². The van der Waals surface area contributed by atoms with Crippen molar-refractivity contribution in [1.29, 1.82) is 0 Å². The van der Waals surface area contributed by atoms with Crippen LogP contribution in [0.5, 0.6) is 0 Å². The first-order valence-electron chi connectivity index (χ1n) is 10.1. The predicted octanol–water partition coefficient (Wildman–Crippen LogP) is 4.77. The Labute approximate surface area is 167 Å². The summed E-state index contributed by atoms with van der Waals surface area (Å²) in [5.74, 6) is 2.41. The minimum Gasteiger partial charge on any atom is -0.357 e. The number of allylic oxidation sites excluding steroid dienone is 1. The van der Waals surface area contributed by atoms with E-state index >= 15 is 0 Å². The number of hydrogen-bond acceptors (Lipinski definition) is 4. The standard InChI is InChI=1S/C24H28N4/c1-3-27(2)24-20(16-21(18-25-24)19-10-5-4-6-11-19)17-22-12-9-13-23(26-22)28-14-7-8-15-28/h3-6,9-13,18,21H,1,7-8,14-17H2,2H3. The number of nitrogens with zero attached hydrogens (tertiary/aromatic N) is 4. The quantitative estimate of drug-likeness (QED) is 0.732. The average molecular weight is 373 g/mol. The highest BCUT2D eigenvalue weighted by molar-refractivity contribution is 5.71. The molecule has 4 rings (SSSR count). The fourth-order valence-corrected chi connectivity index (χ4v) is 4.05. The lowest BCUT2D eigenvalue weighted by molar-refractivity contribution is 0.538. The van der Waals surface area contributed by atoms with Gasteiger partial charge in [0.15, 0.2) is 0 Å². The molecule has 0 saturated carbocycles. The zero-order valence-corrected chi connectivity index (χ0v) is 16.6. The average Bonchev–Trinajstić information content (AvgIpc) is 3.29. The van der Waals surface area contributed by atoms with Gasteiger partial charge in [0.1, 0.15) is 11.6 Å². The van der Waals surface area contributed by atoms with Crippen molar-refractivity contribution in [2.45, 2.75) is 31.6 Å². The third-order valence-electron chi connectivity index (χ3n) is 5.61. The first kappa shape index (κ1) is 18.5. The van der Waals surface area contributed by atoms with Crippen molar-refractivity contribution in [3.63, 3.8) is 0 Å². The van der Waals surface area contributed by atoms with Gasteiger partial charge in [-0.15, -0.1) is 0 Å². The summed E-state index contributed by atoms with van der Waals surface area (Å²) in [6, 6.07) is 17.0. The molecule has 0 aliphatic carbocycles. The normalized spacial score (nSPS) is 19.2. The van der Waals surface area contributed by atoms with Crippen LogP contribution in [0.4, 0.5) is 5.82 Å². The fourth-order valence-electron chi connectivity index (χ4n) is 4.05. The largest absolute Gasteiger partial charge is 0.357 e. The molecule has 0 N–H and O–H groups in total. The molecule has 0 bridgehead atoms. The van der Waals surface area contributed by atoms with Gasteiger partial charge in [-0.2, -0.15) is 0 Å². The number of pyridine rings is 1. The van der Waals surface area contributed by atoms with Crippen LogP contribution in [0.3, 0.4) is 0 Å². The van der Waals surface area contributed by atoms with Crippen LogP contribution in [0.15, 0.2) is 77.7 Å². The maximum Gasteiger partial charge on any atom is 0.131 e. The van der Waals surface area contributed by atoms with Crippen molar-refractivity contribution >= 4 is 12.0 Å². The summed E-state index contributed by atoms with van der Waals surface area (Å²) in [5.41, 5.74) is 3.73. The number of rotatable bonds is 6. The highest BCUT2D eigenvalue weighted by Crippen LogP contribution is 2.31. The summed E-state index contributed by atoms with van der Waals surface area (Å²) in [6.07, 6.45) is 8.19. The third-order valence-corrected chi connectivity index (χ3v) is 5.61. The summed E-state index contributed by atoms with van der Waals surface area (Å²) in [6.45, 7) is 6.15. The monoisotopic (exact) mass is 372 g/mol. The maximum atomic E-state index is 4.96. The van der Waals surface area contributed by atoms with E-state index in [0.29, 0.717) is 5.92 Å². The van der Waals surface area contributed by atoms with E-state index in [1.807, 2.05) is 18.1 Å². The lowest BCUT2D eigenvalue weighted by Gasteiger charge is -2.26. The van der Waals surface area contributed by atoms with Gasteiger partial charge < -0.3 is 9.80 Å². The molecule has 1 saturated heterocycles. The Kier molecular flexibility index (Phi) is 5.56. The second kappa shape index (κ2) is 8.42. The van der Waals surface area contributed by atoms with Crippen molar-refractivity contribution < 1.29 is 0 Å². The number of aromatic nitrogens is 1. The highest BCUT2D eigenvalue weighted by atomic mass is 15.2. The number of aliphatic imine (C=N–C) groups is 1. The molecule has 0 radical (unpaired) electrons. The third kappa shape index (κ3) is 4.01. The molecule has 0 amide bonds. The van der Waals surface area contributed by atoms with Gasteiger partial charge in [-0.05, 0) is 48.7 Å². The second-order valence-corrected chi connectivity index (χ2v) is 7.58. The van der Waals surface area contributed by atoms with E-state index in [1.165, 1.54) is 24.0 Å². The molecule has 28 heavy (non-hydrogen) atoms. The van der Waals surface area contributed by atoms with Crippen molar-refractivity contribution in [3.8, 4) is 0 Å². The van der Waals surface area contributed by atoms with E-state index in [9.17, 15) is 0 Å². The van der Waals surface area contributed by atoms with Crippen LogP contribution < -0.4 is 4.90 Å². The lowest BCUT2D eigenvalue weighted by Crippen LogP contribution is -2.20. The molecule has 1 unspecified atom stereocenters. The zero-order valence-electron chi connectivity index (χ0n) is 16.6. The van der Waals surface area contributed by atoms with Gasteiger partial charge >= 0.3 is 0 Å². The SMILES string of the molecule is C=CN(C)C1=C(Cc2cccc(N3CCCC3)n2)CC(c2ccccc2)C=N1. The van der Waals surface area contributed by atoms with Crippen LogP contribution in [0, 0.1) is 0 Å². The number of hydrogen-bond donors (Lipinski definition) is 0. The number of anilines is 1. The van der Waals surface area contributed by atoms with E-state index in [1.54, 1.807) is 0 Å².